The fourth-order valence-electron chi connectivity index (χ4n) is 14.4. The molecule has 4 aliphatic carbocycles. The van der Waals surface area contributed by atoms with Crippen molar-refractivity contribution in [2.45, 2.75) is 144 Å². The zero-order chi connectivity index (χ0) is 45.8. The van der Waals surface area contributed by atoms with Crippen LogP contribution in [0.15, 0.2) is 84.9 Å². The van der Waals surface area contributed by atoms with Gasteiger partial charge in [0.05, 0.1) is 22.3 Å². The lowest BCUT2D eigenvalue weighted by molar-refractivity contribution is -0.123. The molecular weight excluding hydrogens is 805 g/mol. The van der Waals surface area contributed by atoms with E-state index in [1.54, 1.807) is 18.2 Å². The van der Waals surface area contributed by atoms with Crippen LogP contribution >= 0.6 is 0 Å². The van der Waals surface area contributed by atoms with Gasteiger partial charge in [0.2, 0.25) is 0 Å². The SMILES string of the molecule is CC(C)CCCC(C)C1CCC2C3CCC4CC(C)(c5ccc(Cc6ccc7c(c6)C(=O)OC7=O)cc5)CCC4(C)C3CCC12C.Cc1ccc(Cc2ccc3c(c2)C(=O)OC3=O)cc1. The van der Waals surface area contributed by atoms with Crippen LogP contribution in [0.2, 0.25) is 0 Å². The van der Waals surface area contributed by atoms with Gasteiger partial charge in [0.15, 0.2) is 0 Å². The summed E-state index contributed by atoms with van der Waals surface area (Å²) in [6.45, 7) is 17.4. The molecule has 9 atom stereocenters. The Hall–Kier alpha value is -4.84. The van der Waals surface area contributed by atoms with Crippen LogP contribution in [-0.4, -0.2) is 23.9 Å². The van der Waals surface area contributed by atoms with Crippen molar-refractivity contribution in [2.24, 2.45) is 52.3 Å². The van der Waals surface area contributed by atoms with Crippen molar-refractivity contribution in [1.82, 2.24) is 0 Å². The Labute approximate surface area is 387 Å². The standard InChI is InChI=1S/C43H58O3.C16H12O3/c1-27(2)8-7-9-28(3)36-18-19-37-34-17-15-32-26-41(4,22-23-42(32,5)38(34)20-21-43(36,37)6)31-13-10-29(11-14-31)24-30-12-16-33-35(25-30)40(45)46-39(33)44;1-10-2-4-11(5-3-10)8-12-6-7-13-14(9-12)16(18)19-15(13)17/h10-14,16,25,27-28,32,34,36-38H,7-9,15,17-24,26H2,1-6H3;2-7,9H,8H2,1H3. The summed E-state index contributed by atoms with van der Waals surface area (Å²) in [5.41, 5.74) is 9.96. The quantitative estimate of drug-likeness (QED) is 0.116. The van der Waals surface area contributed by atoms with Crippen molar-refractivity contribution < 1.29 is 28.7 Å². The molecule has 9 unspecified atom stereocenters. The molecule has 0 spiro atoms. The first-order valence-corrected chi connectivity index (χ1v) is 25.0. The summed E-state index contributed by atoms with van der Waals surface area (Å²) < 4.78 is 9.35. The van der Waals surface area contributed by atoms with Crippen LogP contribution in [0.1, 0.15) is 193 Å². The number of carbonyl (C=O) groups is 4. The number of hydrogen-bond donors (Lipinski definition) is 0. The maximum absolute atomic E-state index is 12.0. The topological polar surface area (TPSA) is 86.7 Å². The van der Waals surface area contributed by atoms with E-state index in [9.17, 15) is 19.2 Å². The first-order valence-electron chi connectivity index (χ1n) is 25.0. The minimum Gasteiger partial charge on any atom is -0.386 e. The number of hydrogen-bond acceptors (Lipinski definition) is 6. The van der Waals surface area contributed by atoms with E-state index >= 15 is 0 Å². The van der Waals surface area contributed by atoms with Gasteiger partial charge in [-0.15, -0.1) is 0 Å². The summed E-state index contributed by atoms with van der Waals surface area (Å²) in [6, 6.07) is 28.3. The number of aryl methyl sites for hydroxylation is 1. The Morgan fingerprint density at radius 1 is 0.554 bits per heavy atom. The van der Waals surface area contributed by atoms with E-state index in [0.717, 1.165) is 65.4 Å². The fraction of sp³-hybridized carbons (Fsp3) is 0.525. The number of fused-ring (bicyclic) bond motifs is 7. The summed E-state index contributed by atoms with van der Waals surface area (Å²) >= 11 is 0. The van der Waals surface area contributed by atoms with Crippen molar-refractivity contribution in [3.8, 4) is 0 Å². The average Bonchev–Trinajstić information content (AvgIpc) is 3.89. The Kier molecular flexibility index (Phi) is 12.4. The van der Waals surface area contributed by atoms with Crippen LogP contribution in [0.25, 0.3) is 0 Å². The van der Waals surface area contributed by atoms with Crippen LogP contribution in [0, 0.1) is 59.2 Å². The first kappa shape index (κ1) is 45.3. The summed E-state index contributed by atoms with van der Waals surface area (Å²) in [4.78, 5) is 46.7. The van der Waals surface area contributed by atoms with Crippen LogP contribution < -0.4 is 0 Å². The lowest BCUT2D eigenvalue weighted by atomic mass is 9.42. The second-order valence-electron chi connectivity index (χ2n) is 22.6. The molecule has 0 aromatic heterocycles. The van der Waals surface area contributed by atoms with Gasteiger partial charge in [-0.05, 0) is 187 Å². The third-order valence-electron chi connectivity index (χ3n) is 18.2. The highest BCUT2D eigenvalue weighted by molar-refractivity contribution is 6.15. The van der Waals surface area contributed by atoms with Crippen molar-refractivity contribution in [3.63, 3.8) is 0 Å². The van der Waals surface area contributed by atoms with E-state index in [4.69, 9.17) is 4.74 Å². The number of benzene rings is 4. The van der Waals surface area contributed by atoms with E-state index in [-0.39, 0.29) is 5.41 Å². The molecule has 6 nitrogen and oxygen atoms in total. The molecule has 2 aliphatic heterocycles. The summed E-state index contributed by atoms with van der Waals surface area (Å²) in [7, 11) is 0. The monoisotopic (exact) mass is 875 g/mol. The zero-order valence-electron chi connectivity index (χ0n) is 40.0. The largest absolute Gasteiger partial charge is 0.386 e. The molecule has 6 aliphatic rings. The minimum atomic E-state index is -0.554. The summed E-state index contributed by atoms with van der Waals surface area (Å²) in [6.07, 6.45) is 18.5. The van der Waals surface area contributed by atoms with Gasteiger partial charge in [0, 0.05) is 0 Å². The molecule has 0 saturated heterocycles. The molecular formula is C59H70O6. The summed E-state index contributed by atoms with van der Waals surface area (Å²) in [5.74, 6) is 4.16. The van der Waals surface area contributed by atoms with Crippen molar-refractivity contribution in [1.29, 1.82) is 0 Å². The number of cyclic esters (lactones) is 4. The van der Waals surface area contributed by atoms with Gasteiger partial charge in [-0.3, -0.25) is 0 Å². The lowest BCUT2D eigenvalue weighted by Gasteiger charge is -2.62. The average molecular weight is 875 g/mol. The second kappa shape index (κ2) is 17.8. The number of ether oxygens (including phenoxy) is 2. The highest BCUT2D eigenvalue weighted by Gasteiger charge is 2.61. The van der Waals surface area contributed by atoms with Gasteiger partial charge in [-0.2, -0.15) is 0 Å². The Balaban J connectivity index is 0.000000233. The number of rotatable bonds is 10. The van der Waals surface area contributed by atoms with Gasteiger partial charge in [0.1, 0.15) is 0 Å². The van der Waals surface area contributed by atoms with E-state index in [2.05, 4.69) is 94.8 Å². The van der Waals surface area contributed by atoms with Crippen LogP contribution in [-0.2, 0) is 27.7 Å². The zero-order valence-corrected chi connectivity index (χ0v) is 40.0. The molecule has 10 rings (SSSR count). The van der Waals surface area contributed by atoms with Crippen LogP contribution in [0.3, 0.4) is 0 Å². The van der Waals surface area contributed by atoms with Gasteiger partial charge in [0.25, 0.3) is 0 Å². The summed E-state index contributed by atoms with van der Waals surface area (Å²) in [5, 5.41) is 0. The molecule has 4 aromatic carbocycles. The van der Waals surface area contributed by atoms with Gasteiger partial charge < -0.3 is 9.47 Å². The molecule has 65 heavy (non-hydrogen) atoms. The van der Waals surface area contributed by atoms with E-state index < -0.39 is 23.9 Å². The molecule has 4 saturated carbocycles. The van der Waals surface area contributed by atoms with Gasteiger partial charge in [-0.25, -0.2) is 19.2 Å². The Bertz CT molecular complexity index is 2460. The smallest absolute Gasteiger partial charge is 0.346 e. The third kappa shape index (κ3) is 8.69. The van der Waals surface area contributed by atoms with E-state index in [1.165, 1.54) is 99.3 Å². The fourth-order valence-corrected chi connectivity index (χ4v) is 14.4. The molecule has 6 heteroatoms. The Morgan fingerprint density at radius 3 is 1.68 bits per heavy atom. The van der Waals surface area contributed by atoms with Crippen molar-refractivity contribution in [2.75, 3.05) is 0 Å². The molecule has 0 radical (unpaired) electrons. The highest BCUT2D eigenvalue weighted by Crippen LogP contribution is 2.69. The predicted molar refractivity (Wildman–Crippen MR) is 256 cm³/mol. The number of carbonyl (C=O) groups excluding carboxylic acids is 4. The van der Waals surface area contributed by atoms with Crippen molar-refractivity contribution in [3.05, 3.63) is 141 Å². The third-order valence-corrected chi connectivity index (χ3v) is 18.2. The Morgan fingerprint density at radius 2 is 1.09 bits per heavy atom. The maximum atomic E-state index is 12.0. The number of esters is 4. The first-order chi connectivity index (χ1) is 31.0. The minimum absolute atomic E-state index is 0.236. The molecule has 4 fully saturated rings. The van der Waals surface area contributed by atoms with Gasteiger partial charge >= 0.3 is 23.9 Å². The second-order valence-corrected chi connectivity index (χ2v) is 22.6. The highest BCUT2D eigenvalue weighted by atomic mass is 16.6. The van der Waals surface area contributed by atoms with E-state index in [1.807, 2.05) is 25.1 Å². The molecule has 0 amide bonds. The van der Waals surface area contributed by atoms with Crippen molar-refractivity contribution >= 4 is 23.9 Å². The van der Waals surface area contributed by atoms with Gasteiger partial charge in [-0.1, -0.05) is 127 Å². The molecule has 0 N–H and O–H groups in total. The molecule has 2 heterocycles. The molecule has 4 aromatic rings. The lowest BCUT2D eigenvalue weighted by Crippen LogP contribution is -2.55. The normalized spacial score (nSPS) is 30.3. The van der Waals surface area contributed by atoms with E-state index in [0.29, 0.717) is 33.1 Å². The molecule has 342 valence electrons. The van der Waals surface area contributed by atoms with Crippen LogP contribution in [0.4, 0.5) is 0 Å². The maximum Gasteiger partial charge on any atom is 0.346 e. The van der Waals surface area contributed by atoms with Crippen LogP contribution in [0.5, 0.6) is 0 Å². The molecule has 0 bridgehead atoms. The predicted octanol–water partition coefficient (Wildman–Crippen LogP) is 13.9.